The van der Waals surface area contributed by atoms with Crippen LogP contribution in [0.4, 0.5) is 0 Å². The highest BCUT2D eigenvalue weighted by Crippen LogP contribution is 2.16. The van der Waals surface area contributed by atoms with Crippen LogP contribution in [0.15, 0.2) is 28.0 Å². The van der Waals surface area contributed by atoms with Gasteiger partial charge in [0.2, 0.25) is 0 Å². The summed E-state index contributed by atoms with van der Waals surface area (Å²) < 4.78 is 31.7. The Morgan fingerprint density at radius 1 is 1.42 bits per heavy atom. The molecule has 3 N–H and O–H groups in total. The number of aryl methyl sites for hydroxylation is 1. The molecule has 0 bridgehead atoms. The second-order valence-corrected chi connectivity index (χ2v) is 5.80. The van der Waals surface area contributed by atoms with Gasteiger partial charge >= 0.3 is 0 Å². The first-order chi connectivity index (χ1) is 9.04. The van der Waals surface area contributed by atoms with Crippen molar-refractivity contribution in [2.75, 3.05) is 7.05 Å². The molecule has 0 saturated heterocycles. The van der Waals surface area contributed by atoms with E-state index in [1.165, 1.54) is 12.5 Å². The monoisotopic (exact) mass is 284 g/mol. The van der Waals surface area contributed by atoms with Gasteiger partial charge in [-0.2, -0.15) is 5.10 Å². The molecule has 19 heavy (non-hydrogen) atoms. The third-order valence-corrected chi connectivity index (χ3v) is 4.06. The summed E-state index contributed by atoms with van der Waals surface area (Å²) in [6.07, 6.45) is 2.99. The number of H-pyrrole nitrogens is 1. The Bertz CT molecular complexity index is 631. The Hall–Kier alpha value is -1.64. The number of hydrogen-bond acceptors (Lipinski definition) is 5. The molecule has 104 valence electrons. The fraction of sp³-hybridized carbons (Fsp3) is 0.364. The first-order valence-electron chi connectivity index (χ1n) is 5.74. The molecule has 0 aliphatic carbocycles. The molecular weight excluding hydrogens is 268 g/mol. The van der Waals surface area contributed by atoms with Gasteiger partial charge < -0.3 is 9.73 Å². The van der Waals surface area contributed by atoms with Crippen LogP contribution >= 0.6 is 0 Å². The van der Waals surface area contributed by atoms with Gasteiger partial charge in [-0.1, -0.05) is 0 Å². The lowest BCUT2D eigenvalue weighted by Crippen LogP contribution is -2.25. The Morgan fingerprint density at radius 3 is 2.84 bits per heavy atom. The molecule has 0 saturated carbocycles. The summed E-state index contributed by atoms with van der Waals surface area (Å²) >= 11 is 0. The highest BCUT2D eigenvalue weighted by atomic mass is 32.2. The summed E-state index contributed by atoms with van der Waals surface area (Å²) in [6, 6.07) is 1.70. The lowest BCUT2D eigenvalue weighted by Gasteiger charge is -2.05. The maximum Gasteiger partial charge on any atom is 0.260 e. The molecule has 0 spiro atoms. The molecule has 0 amide bonds. The molecule has 2 rings (SSSR count). The number of furan rings is 1. The van der Waals surface area contributed by atoms with Crippen LogP contribution in [0.1, 0.15) is 16.8 Å². The Balaban J connectivity index is 2.19. The molecule has 0 radical (unpaired) electrons. The van der Waals surface area contributed by atoms with Gasteiger partial charge in [-0.25, -0.2) is 13.1 Å². The normalized spacial score (nSPS) is 11.9. The standard InChI is InChI=1S/C11H16N4O3S/c1-8-10(6-12-2)11(15-14-8)19(16,17)13-5-9-3-4-18-7-9/h3-4,7,12-13H,5-6H2,1-2H3,(H,14,15). The van der Waals surface area contributed by atoms with E-state index in [4.69, 9.17) is 4.42 Å². The minimum Gasteiger partial charge on any atom is -0.472 e. The Kier molecular flexibility index (Phi) is 4.03. The third kappa shape index (κ3) is 3.03. The van der Waals surface area contributed by atoms with E-state index >= 15 is 0 Å². The molecule has 0 unspecified atom stereocenters. The van der Waals surface area contributed by atoms with Crippen molar-refractivity contribution in [2.45, 2.75) is 25.0 Å². The smallest absolute Gasteiger partial charge is 0.260 e. The van der Waals surface area contributed by atoms with Crippen molar-refractivity contribution in [3.8, 4) is 0 Å². The van der Waals surface area contributed by atoms with Gasteiger partial charge in [0, 0.05) is 29.9 Å². The molecule has 0 fully saturated rings. The van der Waals surface area contributed by atoms with Crippen LogP contribution in [0.3, 0.4) is 0 Å². The van der Waals surface area contributed by atoms with Crippen molar-refractivity contribution < 1.29 is 12.8 Å². The molecule has 2 aromatic rings. The van der Waals surface area contributed by atoms with Crippen LogP contribution in [-0.4, -0.2) is 25.7 Å². The van der Waals surface area contributed by atoms with Gasteiger partial charge in [0.05, 0.1) is 12.5 Å². The van der Waals surface area contributed by atoms with Crippen molar-refractivity contribution in [3.05, 3.63) is 35.4 Å². The van der Waals surface area contributed by atoms with Crippen LogP contribution in [0, 0.1) is 6.92 Å². The highest BCUT2D eigenvalue weighted by molar-refractivity contribution is 7.89. The number of nitrogens with zero attached hydrogens (tertiary/aromatic N) is 1. The fourth-order valence-corrected chi connectivity index (χ4v) is 2.89. The van der Waals surface area contributed by atoms with Gasteiger partial charge in [-0.15, -0.1) is 0 Å². The lowest BCUT2D eigenvalue weighted by atomic mass is 10.3. The molecular formula is C11H16N4O3S. The first kappa shape index (κ1) is 13.8. The van der Waals surface area contributed by atoms with E-state index in [1.807, 2.05) is 0 Å². The number of hydrogen-bond donors (Lipinski definition) is 3. The van der Waals surface area contributed by atoms with Crippen LogP contribution in [0.2, 0.25) is 0 Å². The molecule has 2 heterocycles. The third-order valence-electron chi connectivity index (χ3n) is 2.69. The number of sulfonamides is 1. The summed E-state index contributed by atoms with van der Waals surface area (Å²) in [4.78, 5) is 0. The number of nitrogens with one attached hydrogen (secondary N) is 3. The largest absolute Gasteiger partial charge is 0.472 e. The molecule has 0 atom stereocenters. The Morgan fingerprint density at radius 2 is 2.21 bits per heavy atom. The summed E-state index contributed by atoms with van der Waals surface area (Å²) in [5.74, 6) is 0. The summed E-state index contributed by atoms with van der Waals surface area (Å²) in [5, 5.41) is 9.52. The molecule has 0 aliphatic heterocycles. The molecule has 0 aromatic carbocycles. The number of aromatic nitrogens is 2. The van der Waals surface area contributed by atoms with E-state index in [9.17, 15) is 8.42 Å². The molecule has 7 nitrogen and oxygen atoms in total. The topological polar surface area (TPSA) is 100 Å². The van der Waals surface area contributed by atoms with Crippen molar-refractivity contribution in [2.24, 2.45) is 0 Å². The minimum atomic E-state index is -3.64. The SMILES string of the molecule is CNCc1c(S(=O)(=O)NCc2ccoc2)n[nH]c1C. The average Bonchev–Trinajstić information content (AvgIpc) is 2.99. The summed E-state index contributed by atoms with van der Waals surface area (Å²) in [6.45, 7) is 2.39. The first-order valence-corrected chi connectivity index (χ1v) is 7.22. The van der Waals surface area contributed by atoms with Gasteiger partial charge in [0.1, 0.15) is 0 Å². The number of aromatic amines is 1. The van der Waals surface area contributed by atoms with E-state index in [-0.39, 0.29) is 11.6 Å². The molecule has 0 aliphatic rings. The quantitative estimate of drug-likeness (QED) is 0.717. The second kappa shape index (κ2) is 5.55. The van der Waals surface area contributed by atoms with Crippen LogP contribution in [0.25, 0.3) is 0 Å². The molecule has 2 aromatic heterocycles. The van der Waals surface area contributed by atoms with Crippen molar-refractivity contribution in [3.63, 3.8) is 0 Å². The maximum atomic E-state index is 12.2. The van der Waals surface area contributed by atoms with Crippen LogP contribution in [0.5, 0.6) is 0 Å². The zero-order chi connectivity index (χ0) is 13.9. The van der Waals surface area contributed by atoms with E-state index in [1.54, 1.807) is 20.0 Å². The predicted molar refractivity (Wildman–Crippen MR) is 68.8 cm³/mol. The van der Waals surface area contributed by atoms with E-state index in [0.29, 0.717) is 12.1 Å². The summed E-state index contributed by atoms with van der Waals surface area (Å²) in [7, 11) is -1.89. The van der Waals surface area contributed by atoms with Gasteiger partial charge in [-0.3, -0.25) is 5.10 Å². The van der Waals surface area contributed by atoms with Gasteiger partial charge in [-0.05, 0) is 20.0 Å². The van der Waals surface area contributed by atoms with Crippen molar-refractivity contribution >= 4 is 10.0 Å². The van der Waals surface area contributed by atoms with Crippen LogP contribution in [-0.2, 0) is 23.1 Å². The van der Waals surface area contributed by atoms with Crippen LogP contribution < -0.4 is 10.0 Å². The zero-order valence-electron chi connectivity index (χ0n) is 10.7. The maximum absolute atomic E-state index is 12.2. The average molecular weight is 284 g/mol. The lowest BCUT2D eigenvalue weighted by molar-refractivity contribution is 0.560. The van der Waals surface area contributed by atoms with Gasteiger partial charge in [0.25, 0.3) is 10.0 Å². The zero-order valence-corrected chi connectivity index (χ0v) is 11.5. The van der Waals surface area contributed by atoms with E-state index in [2.05, 4.69) is 20.2 Å². The molecule has 8 heteroatoms. The summed E-state index contributed by atoms with van der Waals surface area (Å²) in [5.41, 5.74) is 2.13. The predicted octanol–water partition coefficient (Wildman–Crippen LogP) is 0.509. The fourth-order valence-electron chi connectivity index (χ4n) is 1.68. The second-order valence-electron chi connectivity index (χ2n) is 4.12. The van der Waals surface area contributed by atoms with Crippen molar-refractivity contribution in [1.82, 2.24) is 20.2 Å². The Labute approximate surface area is 111 Å². The van der Waals surface area contributed by atoms with Crippen molar-refractivity contribution in [1.29, 1.82) is 0 Å². The van der Waals surface area contributed by atoms with Gasteiger partial charge in [0.15, 0.2) is 5.03 Å². The number of rotatable bonds is 6. The highest BCUT2D eigenvalue weighted by Gasteiger charge is 2.23. The van der Waals surface area contributed by atoms with E-state index in [0.717, 1.165) is 11.3 Å². The van der Waals surface area contributed by atoms with E-state index < -0.39 is 10.0 Å². The minimum absolute atomic E-state index is 0.0304.